The second-order valence-corrected chi connectivity index (χ2v) is 9.10. The van der Waals surface area contributed by atoms with Crippen molar-refractivity contribution in [3.63, 3.8) is 0 Å². The highest BCUT2D eigenvalue weighted by molar-refractivity contribution is 7.81. The third kappa shape index (κ3) is 2.77. The van der Waals surface area contributed by atoms with Gasteiger partial charge in [-0.2, -0.15) is 8.42 Å². The first-order valence-electron chi connectivity index (χ1n) is 8.85. The number of fused-ring (bicyclic) bond motifs is 5. The number of aliphatic hydroxyl groups excluding tert-OH is 2. The Morgan fingerprint density at radius 1 is 1.24 bits per heavy atom. The number of aliphatic hydroxyl groups is 2. The molecule has 1 unspecified atom stereocenters. The zero-order valence-electron chi connectivity index (χ0n) is 14.1. The fraction of sp³-hybridized carbons (Fsp3) is 0.667. The van der Waals surface area contributed by atoms with Crippen LogP contribution in [0.3, 0.4) is 0 Å². The van der Waals surface area contributed by atoms with Gasteiger partial charge in [0.2, 0.25) is 0 Å². The standard InChI is InChI=1S/C18H24O6S/c1-18-7-6-13-12-5-3-11(24-25(21,22)23)8-10(12)2-4-14(13)15(18)9-16(19)17(18)20/h3,5,8,13-17,19-20H,2,4,6-7,9H2,1H3,(H,21,22,23)/t13-,14-,15+,16?,17+,18+/m1/s1. The molecule has 3 N–H and O–H groups in total. The van der Waals surface area contributed by atoms with E-state index in [0.29, 0.717) is 24.2 Å². The maximum atomic E-state index is 10.9. The first kappa shape index (κ1) is 17.3. The first-order chi connectivity index (χ1) is 11.7. The molecule has 6 nitrogen and oxygen atoms in total. The molecule has 138 valence electrons. The lowest BCUT2D eigenvalue weighted by Gasteiger charge is -2.49. The van der Waals surface area contributed by atoms with Crippen molar-refractivity contribution in [1.82, 2.24) is 0 Å². The Kier molecular flexibility index (Phi) is 3.92. The van der Waals surface area contributed by atoms with Crippen molar-refractivity contribution < 1.29 is 27.4 Å². The third-order valence-electron chi connectivity index (χ3n) is 6.87. The summed E-state index contributed by atoms with van der Waals surface area (Å²) in [7, 11) is -4.51. The van der Waals surface area contributed by atoms with Crippen LogP contribution in [-0.4, -0.2) is 35.4 Å². The molecule has 0 spiro atoms. The second-order valence-electron chi connectivity index (χ2n) is 8.08. The van der Waals surface area contributed by atoms with Crippen LogP contribution in [0.1, 0.15) is 49.7 Å². The van der Waals surface area contributed by atoms with Crippen LogP contribution in [0.25, 0.3) is 0 Å². The van der Waals surface area contributed by atoms with E-state index in [9.17, 15) is 18.6 Å². The number of rotatable bonds is 2. The average molecular weight is 368 g/mol. The van der Waals surface area contributed by atoms with Gasteiger partial charge in [0.25, 0.3) is 0 Å². The summed E-state index contributed by atoms with van der Waals surface area (Å²) in [5.74, 6) is 1.22. The molecular weight excluding hydrogens is 344 g/mol. The molecule has 0 amide bonds. The second kappa shape index (κ2) is 5.67. The summed E-state index contributed by atoms with van der Waals surface area (Å²) in [5, 5.41) is 20.6. The molecule has 0 radical (unpaired) electrons. The molecule has 25 heavy (non-hydrogen) atoms. The van der Waals surface area contributed by atoms with Crippen LogP contribution in [0.4, 0.5) is 0 Å². The van der Waals surface area contributed by atoms with Gasteiger partial charge in [0, 0.05) is 0 Å². The van der Waals surface area contributed by atoms with E-state index in [2.05, 4.69) is 11.1 Å². The Labute approximate surface area is 147 Å². The van der Waals surface area contributed by atoms with Crippen LogP contribution in [0.15, 0.2) is 18.2 Å². The van der Waals surface area contributed by atoms with Gasteiger partial charge in [0.15, 0.2) is 0 Å². The molecule has 0 bridgehead atoms. The smallest absolute Gasteiger partial charge is 0.390 e. The minimum absolute atomic E-state index is 0.132. The van der Waals surface area contributed by atoms with Crippen molar-refractivity contribution in [3.05, 3.63) is 29.3 Å². The zero-order chi connectivity index (χ0) is 18.0. The van der Waals surface area contributed by atoms with Crippen LogP contribution in [0.2, 0.25) is 0 Å². The maximum absolute atomic E-state index is 10.9. The van der Waals surface area contributed by atoms with E-state index < -0.39 is 22.6 Å². The molecular formula is C18H24O6S. The van der Waals surface area contributed by atoms with E-state index in [1.807, 2.05) is 6.07 Å². The SMILES string of the molecule is C[C@]12CC[C@@H]3c4ccc(OS(=O)(=O)O)cc4CC[C@H]3[C@@H]1CC(O)[C@@H]2O. The molecule has 3 aliphatic carbocycles. The molecule has 0 heterocycles. The summed E-state index contributed by atoms with van der Waals surface area (Å²) < 4.78 is 35.2. The number of hydrogen-bond acceptors (Lipinski definition) is 5. The van der Waals surface area contributed by atoms with Crippen molar-refractivity contribution in [2.45, 2.75) is 57.2 Å². The van der Waals surface area contributed by atoms with Crippen molar-refractivity contribution in [2.24, 2.45) is 17.3 Å². The Bertz CT molecular complexity index is 791. The summed E-state index contributed by atoms with van der Waals surface area (Å²) in [5.41, 5.74) is 2.05. The summed E-state index contributed by atoms with van der Waals surface area (Å²) in [6, 6.07) is 5.18. The monoisotopic (exact) mass is 368 g/mol. The molecule has 2 fully saturated rings. The summed E-state index contributed by atoms with van der Waals surface area (Å²) >= 11 is 0. The Morgan fingerprint density at radius 2 is 2.00 bits per heavy atom. The molecule has 0 aliphatic heterocycles. The van der Waals surface area contributed by atoms with Gasteiger partial charge in [0.05, 0.1) is 12.2 Å². The molecule has 7 heteroatoms. The van der Waals surface area contributed by atoms with E-state index in [0.717, 1.165) is 31.2 Å². The molecule has 3 aliphatic rings. The van der Waals surface area contributed by atoms with Gasteiger partial charge < -0.3 is 14.4 Å². The Hall–Kier alpha value is -1.15. The van der Waals surface area contributed by atoms with Gasteiger partial charge in [-0.05, 0) is 78.5 Å². The predicted octanol–water partition coefficient (Wildman–Crippen LogP) is 2.06. The molecule has 2 saturated carbocycles. The minimum atomic E-state index is -4.51. The van der Waals surface area contributed by atoms with E-state index in [-0.39, 0.29) is 11.2 Å². The highest BCUT2D eigenvalue weighted by Gasteiger charge is 2.57. The van der Waals surface area contributed by atoms with Crippen molar-refractivity contribution >= 4 is 10.4 Å². The highest BCUT2D eigenvalue weighted by atomic mass is 32.3. The van der Waals surface area contributed by atoms with Crippen LogP contribution in [0.5, 0.6) is 5.75 Å². The van der Waals surface area contributed by atoms with E-state index in [1.54, 1.807) is 12.1 Å². The molecule has 0 saturated heterocycles. The van der Waals surface area contributed by atoms with E-state index >= 15 is 0 Å². The van der Waals surface area contributed by atoms with Crippen LogP contribution in [0, 0.1) is 17.3 Å². The predicted molar refractivity (Wildman–Crippen MR) is 90.6 cm³/mol. The topological polar surface area (TPSA) is 104 Å². The molecule has 4 rings (SSSR count). The Balaban J connectivity index is 1.64. The van der Waals surface area contributed by atoms with Gasteiger partial charge in [-0.25, -0.2) is 0 Å². The largest absolute Gasteiger partial charge is 0.446 e. The van der Waals surface area contributed by atoms with Crippen LogP contribution in [-0.2, 0) is 16.8 Å². The van der Waals surface area contributed by atoms with Crippen LogP contribution >= 0.6 is 0 Å². The van der Waals surface area contributed by atoms with Crippen molar-refractivity contribution in [3.8, 4) is 5.75 Å². The van der Waals surface area contributed by atoms with E-state index in [1.165, 1.54) is 5.56 Å². The summed E-state index contributed by atoms with van der Waals surface area (Å²) in [4.78, 5) is 0. The lowest BCUT2D eigenvalue weighted by molar-refractivity contribution is -0.0505. The van der Waals surface area contributed by atoms with Gasteiger partial charge in [-0.3, -0.25) is 4.55 Å². The van der Waals surface area contributed by atoms with Gasteiger partial charge in [-0.15, -0.1) is 0 Å². The van der Waals surface area contributed by atoms with Crippen LogP contribution < -0.4 is 4.18 Å². The number of benzene rings is 1. The van der Waals surface area contributed by atoms with Gasteiger partial charge in [-0.1, -0.05) is 13.0 Å². The first-order valence-corrected chi connectivity index (χ1v) is 10.2. The van der Waals surface area contributed by atoms with Crippen molar-refractivity contribution in [2.75, 3.05) is 0 Å². The average Bonchev–Trinajstić information content (AvgIpc) is 2.76. The fourth-order valence-corrected chi connectivity index (χ4v) is 6.07. The van der Waals surface area contributed by atoms with Gasteiger partial charge in [0.1, 0.15) is 5.75 Å². The maximum Gasteiger partial charge on any atom is 0.446 e. The molecule has 0 aromatic heterocycles. The fourth-order valence-electron chi connectivity index (χ4n) is 5.72. The lowest BCUT2D eigenvalue weighted by Crippen LogP contribution is -2.44. The number of aryl methyl sites for hydroxylation is 1. The van der Waals surface area contributed by atoms with Crippen molar-refractivity contribution in [1.29, 1.82) is 0 Å². The zero-order valence-corrected chi connectivity index (χ0v) is 14.9. The van der Waals surface area contributed by atoms with Gasteiger partial charge >= 0.3 is 10.4 Å². The minimum Gasteiger partial charge on any atom is -0.390 e. The molecule has 6 atom stereocenters. The quantitative estimate of drug-likeness (QED) is 0.690. The summed E-state index contributed by atoms with van der Waals surface area (Å²) in [6.45, 7) is 2.10. The molecule has 1 aromatic carbocycles. The lowest BCUT2D eigenvalue weighted by atomic mass is 9.55. The highest BCUT2D eigenvalue weighted by Crippen LogP contribution is 2.60. The normalized spacial score (nSPS) is 40.1. The molecule has 1 aromatic rings. The number of hydrogen-bond donors (Lipinski definition) is 3. The Morgan fingerprint density at radius 3 is 2.72 bits per heavy atom. The third-order valence-corrected chi connectivity index (χ3v) is 7.28. The summed E-state index contributed by atoms with van der Waals surface area (Å²) in [6.07, 6.45) is 2.95. The van der Waals surface area contributed by atoms with E-state index in [4.69, 9.17) is 4.55 Å².